The molecule has 0 aliphatic rings. The minimum absolute atomic E-state index is 0.315. The summed E-state index contributed by atoms with van der Waals surface area (Å²) in [6.45, 7) is 6.49. The van der Waals surface area contributed by atoms with E-state index in [0.717, 1.165) is 12.2 Å². The Kier molecular flexibility index (Phi) is 5.48. The summed E-state index contributed by atoms with van der Waals surface area (Å²) in [6.07, 6.45) is 5.33. The van der Waals surface area contributed by atoms with E-state index in [0.29, 0.717) is 12.1 Å². The van der Waals surface area contributed by atoms with Crippen LogP contribution in [-0.2, 0) is 0 Å². The molecule has 1 heterocycles. The molecule has 0 saturated carbocycles. The summed E-state index contributed by atoms with van der Waals surface area (Å²) in [7, 11) is 3.70. The molecule has 0 bridgehead atoms. The number of hydrogen-bond acceptors (Lipinski definition) is 3. The summed E-state index contributed by atoms with van der Waals surface area (Å²) in [4.78, 5) is 0. The molecule has 4 heteroatoms. The maximum Gasteiger partial charge on any atom is 0.161 e. The lowest BCUT2D eigenvalue weighted by atomic mass is 10.1. The third-order valence-electron chi connectivity index (χ3n) is 3.03. The van der Waals surface area contributed by atoms with Gasteiger partial charge in [0.25, 0.3) is 0 Å². The second-order valence-corrected chi connectivity index (χ2v) is 4.62. The minimum Gasteiger partial charge on any atom is -0.493 e. The third-order valence-corrected chi connectivity index (χ3v) is 3.03. The van der Waals surface area contributed by atoms with Gasteiger partial charge in [0.1, 0.15) is 0 Å². The van der Waals surface area contributed by atoms with E-state index in [4.69, 9.17) is 4.74 Å². The maximum atomic E-state index is 5.42. The normalized spacial score (nSPS) is 13.1. The van der Waals surface area contributed by atoms with Crippen molar-refractivity contribution in [3.05, 3.63) is 11.9 Å². The minimum atomic E-state index is 0.315. The molecule has 17 heavy (non-hydrogen) atoms. The van der Waals surface area contributed by atoms with Crippen molar-refractivity contribution in [1.82, 2.24) is 15.1 Å². The monoisotopic (exact) mass is 239 g/mol. The van der Waals surface area contributed by atoms with Crippen molar-refractivity contribution < 1.29 is 4.74 Å². The zero-order valence-electron chi connectivity index (χ0n) is 11.7. The Labute approximate surface area is 104 Å². The molecular weight excluding hydrogens is 214 g/mol. The molecule has 0 aromatic carbocycles. The van der Waals surface area contributed by atoms with Gasteiger partial charge >= 0.3 is 0 Å². The molecule has 0 amide bonds. The Balaban J connectivity index is 3.01. The van der Waals surface area contributed by atoms with Crippen LogP contribution in [0.2, 0.25) is 0 Å². The molecule has 1 N–H and O–H groups in total. The first kappa shape index (κ1) is 14.0. The van der Waals surface area contributed by atoms with Crippen LogP contribution >= 0.6 is 0 Å². The molecular formula is C13H25N3O. The average molecular weight is 239 g/mol. The van der Waals surface area contributed by atoms with E-state index >= 15 is 0 Å². The Morgan fingerprint density at radius 1 is 1.47 bits per heavy atom. The second-order valence-electron chi connectivity index (χ2n) is 4.62. The first-order chi connectivity index (χ1) is 8.15. The Hall–Kier alpha value is -1.03. The Morgan fingerprint density at radius 3 is 2.65 bits per heavy atom. The first-order valence-corrected chi connectivity index (χ1v) is 6.44. The van der Waals surface area contributed by atoms with E-state index in [1.54, 1.807) is 7.11 Å². The molecule has 1 atom stereocenters. The lowest BCUT2D eigenvalue weighted by molar-refractivity contribution is 0.381. The number of unbranched alkanes of at least 4 members (excludes halogenated alkanes) is 1. The molecule has 0 radical (unpaired) electrons. The van der Waals surface area contributed by atoms with Gasteiger partial charge < -0.3 is 10.1 Å². The summed E-state index contributed by atoms with van der Waals surface area (Å²) < 4.78 is 7.47. The molecule has 1 unspecified atom stereocenters. The number of nitrogens with zero attached hydrogens (tertiary/aromatic N) is 2. The lowest BCUT2D eigenvalue weighted by Crippen LogP contribution is -2.22. The zero-order valence-corrected chi connectivity index (χ0v) is 11.7. The first-order valence-electron chi connectivity index (χ1n) is 6.44. The summed E-state index contributed by atoms with van der Waals surface area (Å²) in [5.41, 5.74) is 1.17. The van der Waals surface area contributed by atoms with Gasteiger partial charge in [0.05, 0.1) is 25.0 Å². The zero-order chi connectivity index (χ0) is 12.8. The number of rotatable bonds is 7. The summed E-state index contributed by atoms with van der Waals surface area (Å²) >= 11 is 0. The Morgan fingerprint density at radius 2 is 2.18 bits per heavy atom. The largest absolute Gasteiger partial charge is 0.493 e. The molecule has 1 aromatic heterocycles. The van der Waals surface area contributed by atoms with Crippen LogP contribution in [0.25, 0.3) is 0 Å². The molecule has 0 spiro atoms. The van der Waals surface area contributed by atoms with Gasteiger partial charge in [0.15, 0.2) is 5.75 Å². The molecule has 0 aliphatic heterocycles. The van der Waals surface area contributed by atoms with Crippen LogP contribution in [0.5, 0.6) is 5.75 Å². The highest BCUT2D eigenvalue weighted by Gasteiger charge is 2.21. The fraction of sp³-hybridized carbons (Fsp3) is 0.769. The quantitative estimate of drug-likeness (QED) is 0.795. The van der Waals surface area contributed by atoms with E-state index in [9.17, 15) is 0 Å². The highest BCUT2D eigenvalue weighted by atomic mass is 16.5. The fourth-order valence-electron chi connectivity index (χ4n) is 2.08. The smallest absolute Gasteiger partial charge is 0.161 e. The van der Waals surface area contributed by atoms with E-state index < -0.39 is 0 Å². The molecule has 1 aromatic rings. The molecule has 0 aliphatic carbocycles. The highest BCUT2D eigenvalue weighted by Crippen LogP contribution is 2.30. The van der Waals surface area contributed by atoms with Crippen molar-refractivity contribution in [3.8, 4) is 5.75 Å². The SMILES string of the molecule is CCCCC(NC)c1c(OC)cnn1C(C)C. The summed E-state index contributed by atoms with van der Waals surface area (Å²) in [5, 5.41) is 7.78. The van der Waals surface area contributed by atoms with Gasteiger partial charge in [-0.3, -0.25) is 4.68 Å². The maximum absolute atomic E-state index is 5.42. The van der Waals surface area contributed by atoms with E-state index in [-0.39, 0.29) is 0 Å². The van der Waals surface area contributed by atoms with Crippen molar-refractivity contribution in [1.29, 1.82) is 0 Å². The summed E-state index contributed by atoms with van der Waals surface area (Å²) in [5.74, 6) is 0.883. The van der Waals surface area contributed by atoms with Gasteiger partial charge in [-0.15, -0.1) is 0 Å². The van der Waals surface area contributed by atoms with Crippen LogP contribution in [0, 0.1) is 0 Å². The number of ether oxygens (including phenoxy) is 1. The van der Waals surface area contributed by atoms with E-state index in [2.05, 4.69) is 35.9 Å². The fourth-order valence-corrected chi connectivity index (χ4v) is 2.08. The van der Waals surface area contributed by atoms with Crippen LogP contribution < -0.4 is 10.1 Å². The van der Waals surface area contributed by atoms with Crippen molar-refractivity contribution >= 4 is 0 Å². The van der Waals surface area contributed by atoms with Crippen LogP contribution in [0.3, 0.4) is 0 Å². The molecule has 98 valence electrons. The molecule has 1 rings (SSSR count). The topological polar surface area (TPSA) is 39.1 Å². The Bertz CT molecular complexity index is 333. The molecule has 4 nitrogen and oxygen atoms in total. The predicted octanol–water partition coefficient (Wildman–Crippen LogP) is 2.92. The van der Waals surface area contributed by atoms with Gasteiger partial charge in [-0.05, 0) is 27.3 Å². The number of hydrogen-bond donors (Lipinski definition) is 1. The standard InChI is InChI=1S/C13H25N3O/c1-6-7-8-11(14-4)13-12(17-5)9-15-16(13)10(2)3/h9-11,14H,6-8H2,1-5H3. The molecule has 0 fully saturated rings. The highest BCUT2D eigenvalue weighted by molar-refractivity contribution is 5.28. The number of nitrogens with one attached hydrogen (secondary N) is 1. The van der Waals surface area contributed by atoms with Gasteiger partial charge in [0.2, 0.25) is 0 Å². The van der Waals surface area contributed by atoms with Crippen LogP contribution in [0.15, 0.2) is 6.20 Å². The predicted molar refractivity (Wildman–Crippen MR) is 70.5 cm³/mol. The number of aromatic nitrogens is 2. The number of methoxy groups -OCH3 is 1. The van der Waals surface area contributed by atoms with E-state index in [1.807, 2.05) is 13.2 Å². The second kappa shape index (κ2) is 6.64. The summed E-state index contributed by atoms with van der Waals surface area (Å²) in [6, 6.07) is 0.668. The van der Waals surface area contributed by atoms with Crippen molar-refractivity contribution in [2.24, 2.45) is 0 Å². The lowest BCUT2D eigenvalue weighted by Gasteiger charge is -2.20. The average Bonchev–Trinajstić information content (AvgIpc) is 2.74. The van der Waals surface area contributed by atoms with Crippen molar-refractivity contribution in [2.75, 3.05) is 14.2 Å². The van der Waals surface area contributed by atoms with Crippen LogP contribution in [-0.4, -0.2) is 23.9 Å². The van der Waals surface area contributed by atoms with Gasteiger partial charge in [-0.2, -0.15) is 5.10 Å². The molecule has 0 saturated heterocycles. The van der Waals surface area contributed by atoms with Crippen molar-refractivity contribution in [2.45, 2.75) is 52.1 Å². The van der Waals surface area contributed by atoms with Crippen LogP contribution in [0.1, 0.15) is 57.8 Å². The van der Waals surface area contributed by atoms with Gasteiger partial charge in [-0.1, -0.05) is 19.8 Å². The van der Waals surface area contributed by atoms with Gasteiger partial charge in [-0.25, -0.2) is 0 Å². The van der Waals surface area contributed by atoms with Crippen molar-refractivity contribution in [3.63, 3.8) is 0 Å². The van der Waals surface area contributed by atoms with Gasteiger partial charge in [0, 0.05) is 6.04 Å². The van der Waals surface area contributed by atoms with Crippen LogP contribution in [0.4, 0.5) is 0 Å². The third kappa shape index (κ3) is 3.22. The van der Waals surface area contributed by atoms with E-state index in [1.165, 1.54) is 18.5 Å².